The summed E-state index contributed by atoms with van der Waals surface area (Å²) in [5.74, 6) is 0.605. The van der Waals surface area contributed by atoms with Gasteiger partial charge in [0.05, 0.1) is 6.10 Å². The standard InChI is InChI=1S/C10H21BrO/c1-8(2)9(12-5)6-10(3,4)7-11/h8-9H,6-7H2,1-5H3. The van der Waals surface area contributed by atoms with Crippen molar-refractivity contribution in [3.05, 3.63) is 0 Å². The van der Waals surface area contributed by atoms with Crippen molar-refractivity contribution >= 4 is 15.9 Å². The van der Waals surface area contributed by atoms with E-state index in [-0.39, 0.29) is 0 Å². The van der Waals surface area contributed by atoms with Crippen LogP contribution in [0, 0.1) is 11.3 Å². The summed E-state index contributed by atoms with van der Waals surface area (Å²) in [5.41, 5.74) is 0.338. The Hall–Kier alpha value is 0.440. The molecule has 0 aliphatic heterocycles. The molecule has 1 nitrogen and oxygen atoms in total. The van der Waals surface area contributed by atoms with Gasteiger partial charge in [0.2, 0.25) is 0 Å². The molecule has 0 aromatic carbocycles. The highest BCUT2D eigenvalue weighted by molar-refractivity contribution is 9.09. The smallest absolute Gasteiger partial charge is 0.0599 e. The molecule has 1 unspecified atom stereocenters. The van der Waals surface area contributed by atoms with Crippen LogP contribution in [0.15, 0.2) is 0 Å². The highest BCUT2D eigenvalue weighted by Gasteiger charge is 2.23. The van der Waals surface area contributed by atoms with E-state index in [0.717, 1.165) is 11.8 Å². The first-order chi connectivity index (χ1) is 5.43. The first kappa shape index (κ1) is 12.4. The Morgan fingerprint density at radius 1 is 1.33 bits per heavy atom. The first-order valence-electron chi connectivity index (χ1n) is 4.51. The predicted molar refractivity (Wildman–Crippen MR) is 57.8 cm³/mol. The molecular weight excluding hydrogens is 216 g/mol. The fourth-order valence-electron chi connectivity index (χ4n) is 1.19. The van der Waals surface area contributed by atoms with E-state index in [1.807, 2.05) is 0 Å². The van der Waals surface area contributed by atoms with E-state index in [9.17, 15) is 0 Å². The van der Waals surface area contributed by atoms with Crippen molar-refractivity contribution in [2.75, 3.05) is 12.4 Å². The molecule has 0 rings (SSSR count). The number of alkyl halides is 1. The third kappa shape index (κ3) is 4.46. The minimum atomic E-state index is 0.338. The molecule has 0 aromatic rings. The molecule has 0 aliphatic carbocycles. The zero-order chi connectivity index (χ0) is 9.78. The summed E-state index contributed by atoms with van der Waals surface area (Å²) in [6.45, 7) is 8.93. The zero-order valence-corrected chi connectivity index (χ0v) is 10.4. The topological polar surface area (TPSA) is 9.23 Å². The molecule has 0 spiro atoms. The molecule has 0 aliphatic rings. The monoisotopic (exact) mass is 236 g/mol. The second-order valence-corrected chi connectivity index (χ2v) is 5.08. The van der Waals surface area contributed by atoms with Gasteiger partial charge in [-0.3, -0.25) is 0 Å². The number of hydrogen-bond donors (Lipinski definition) is 0. The molecule has 0 saturated carbocycles. The fraction of sp³-hybridized carbons (Fsp3) is 1.00. The van der Waals surface area contributed by atoms with Gasteiger partial charge in [-0.15, -0.1) is 0 Å². The van der Waals surface area contributed by atoms with Gasteiger partial charge in [-0.25, -0.2) is 0 Å². The van der Waals surface area contributed by atoms with Crippen molar-refractivity contribution in [3.63, 3.8) is 0 Å². The summed E-state index contributed by atoms with van der Waals surface area (Å²) in [5, 5.41) is 1.03. The highest BCUT2D eigenvalue weighted by Crippen LogP contribution is 2.28. The number of ether oxygens (including phenoxy) is 1. The maximum Gasteiger partial charge on any atom is 0.0599 e. The van der Waals surface area contributed by atoms with Gasteiger partial charge < -0.3 is 4.74 Å². The molecule has 0 heterocycles. The molecule has 0 radical (unpaired) electrons. The second-order valence-electron chi connectivity index (χ2n) is 4.52. The van der Waals surface area contributed by atoms with Crippen LogP contribution in [-0.2, 0) is 4.74 Å². The Labute approximate surface area is 85.0 Å². The van der Waals surface area contributed by atoms with Crippen LogP contribution in [0.2, 0.25) is 0 Å². The Morgan fingerprint density at radius 3 is 2.08 bits per heavy atom. The lowest BCUT2D eigenvalue weighted by Crippen LogP contribution is -2.27. The van der Waals surface area contributed by atoms with Crippen LogP contribution in [0.25, 0.3) is 0 Å². The Kier molecular flexibility index (Phi) is 5.42. The molecule has 0 amide bonds. The van der Waals surface area contributed by atoms with Crippen molar-refractivity contribution < 1.29 is 4.74 Å². The van der Waals surface area contributed by atoms with Gasteiger partial charge >= 0.3 is 0 Å². The molecule has 74 valence electrons. The van der Waals surface area contributed by atoms with Crippen LogP contribution >= 0.6 is 15.9 Å². The van der Waals surface area contributed by atoms with Gasteiger partial charge in [-0.1, -0.05) is 43.6 Å². The summed E-state index contributed by atoms with van der Waals surface area (Å²) < 4.78 is 5.43. The summed E-state index contributed by atoms with van der Waals surface area (Å²) in [4.78, 5) is 0. The van der Waals surface area contributed by atoms with E-state index >= 15 is 0 Å². The quantitative estimate of drug-likeness (QED) is 0.665. The van der Waals surface area contributed by atoms with E-state index in [1.54, 1.807) is 7.11 Å². The summed E-state index contributed by atoms with van der Waals surface area (Å²) in [7, 11) is 1.80. The molecule has 1 atom stereocenters. The third-order valence-electron chi connectivity index (χ3n) is 2.16. The first-order valence-corrected chi connectivity index (χ1v) is 5.64. The molecule has 0 saturated heterocycles. The van der Waals surface area contributed by atoms with E-state index < -0.39 is 0 Å². The summed E-state index contributed by atoms with van der Waals surface area (Å²) >= 11 is 3.52. The lowest BCUT2D eigenvalue weighted by atomic mass is 9.85. The largest absolute Gasteiger partial charge is 0.381 e. The Balaban J connectivity index is 4.01. The molecule has 0 bridgehead atoms. The Bertz CT molecular complexity index is 121. The SMILES string of the molecule is COC(CC(C)(C)CBr)C(C)C. The maximum absolute atomic E-state index is 5.43. The van der Waals surface area contributed by atoms with Crippen LogP contribution in [0.3, 0.4) is 0 Å². The van der Waals surface area contributed by atoms with Gasteiger partial charge in [-0.2, -0.15) is 0 Å². The van der Waals surface area contributed by atoms with Crippen molar-refractivity contribution in [2.24, 2.45) is 11.3 Å². The minimum absolute atomic E-state index is 0.338. The van der Waals surface area contributed by atoms with Gasteiger partial charge in [0, 0.05) is 12.4 Å². The van der Waals surface area contributed by atoms with E-state index in [2.05, 4.69) is 43.6 Å². The molecule has 2 heteroatoms. The summed E-state index contributed by atoms with van der Waals surface area (Å²) in [6, 6.07) is 0. The van der Waals surface area contributed by atoms with Crippen LogP contribution in [0.5, 0.6) is 0 Å². The average molecular weight is 237 g/mol. The van der Waals surface area contributed by atoms with Gasteiger partial charge in [0.1, 0.15) is 0 Å². The molecule has 0 aromatic heterocycles. The molecule has 12 heavy (non-hydrogen) atoms. The maximum atomic E-state index is 5.43. The van der Waals surface area contributed by atoms with Crippen LogP contribution < -0.4 is 0 Å². The van der Waals surface area contributed by atoms with E-state index in [4.69, 9.17) is 4.74 Å². The number of methoxy groups -OCH3 is 1. The molecule has 0 N–H and O–H groups in total. The second kappa shape index (κ2) is 5.23. The van der Waals surface area contributed by atoms with E-state index in [1.165, 1.54) is 0 Å². The number of rotatable bonds is 5. The fourth-order valence-corrected chi connectivity index (χ4v) is 1.42. The minimum Gasteiger partial charge on any atom is -0.381 e. The van der Waals surface area contributed by atoms with Crippen molar-refractivity contribution in [1.82, 2.24) is 0 Å². The van der Waals surface area contributed by atoms with E-state index in [0.29, 0.717) is 17.4 Å². The van der Waals surface area contributed by atoms with Crippen LogP contribution in [0.1, 0.15) is 34.1 Å². The van der Waals surface area contributed by atoms with Crippen molar-refractivity contribution in [3.8, 4) is 0 Å². The summed E-state index contributed by atoms with van der Waals surface area (Å²) in [6.07, 6.45) is 1.50. The normalized spacial score (nSPS) is 15.2. The van der Waals surface area contributed by atoms with Crippen LogP contribution in [0.4, 0.5) is 0 Å². The molecular formula is C10H21BrO. The lowest BCUT2D eigenvalue weighted by molar-refractivity contribution is 0.0337. The highest BCUT2D eigenvalue weighted by atomic mass is 79.9. The predicted octanol–water partition coefficient (Wildman–Crippen LogP) is 3.47. The average Bonchev–Trinajstić information content (AvgIpc) is 2.00. The Morgan fingerprint density at radius 2 is 1.83 bits per heavy atom. The van der Waals surface area contributed by atoms with Gasteiger partial charge in [0.15, 0.2) is 0 Å². The molecule has 0 fully saturated rings. The number of hydrogen-bond acceptors (Lipinski definition) is 1. The number of halogens is 1. The zero-order valence-electron chi connectivity index (χ0n) is 8.86. The van der Waals surface area contributed by atoms with Crippen molar-refractivity contribution in [2.45, 2.75) is 40.2 Å². The van der Waals surface area contributed by atoms with Crippen molar-refractivity contribution in [1.29, 1.82) is 0 Å². The van der Waals surface area contributed by atoms with Crippen LogP contribution in [-0.4, -0.2) is 18.5 Å². The lowest BCUT2D eigenvalue weighted by Gasteiger charge is -2.29. The third-order valence-corrected chi connectivity index (χ3v) is 3.68. The van der Waals surface area contributed by atoms with Gasteiger partial charge in [-0.05, 0) is 17.8 Å². The van der Waals surface area contributed by atoms with Gasteiger partial charge in [0.25, 0.3) is 0 Å².